The molecule has 1 saturated heterocycles. The van der Waals surface area contributed by atoms with Crippen LogP contribution in [0.4, 0.5) is 4.79 Å². The van der Waals surface area contributed by atoms with Crippen LogP contribution in [0.3, 0.4) is 0 Å². The standard InChI is InChI=1S/C16H15Br2NO5S/c1-3-23-13(20)8-19-15(21)12(25-16(19)22)7-9-5-10(17)14(24-4-2)11(18)6-9/h5-7H,3-4,8H2,1-2H3/b12-7-. The smallest absolute Gasteiger partial charge is 0.326 e. The molecule has 1 aliphatic rings. The maximum Gasteiger partial charge on any atom is 0.326 e. The van der Waals surface area contributed by atoms with Gasteiger partial charge in [0.2, 0.25) is 0 Å². The third kappa shape index (κ3) is 4.86. The summed E-state index contributed by atoms with van der Waals surface area (Å²) in [5.74, 6) is -0.461. The molecule has 9 heteroatoms. The van der Waals surface area contributed by atoms with Crippen LogP contribution in [0.2, 0.25) is 0 Å². The molecule has 2 amide bonds. The third-order valence-corrected chi connectivity index (χ3v) is 5.16. The Morgan fingerprint density at radius 3 is 2.40 bits per heavy atom. The normalized spacial score (nSPS) is 15.8. The monoisotopic (exact) mass is 491 g/mol. The van der Waals surface area contributed by atoms with Gasteiger partial charge in [0.05, 0.1) is 27.1 Å². The fourth-order valence-corrected chi connectivity index (χ4v) is 4.36. The largest absolute Gasteiger partial charge is 0.492 e. The van der Waals surface area contributed by atoms with E-state index in [0.29, 0.717) is 17.9 Å². The molecule has 0 saturated carbocycles. The van der Waals surface area contributed by atoms with Crippen molar-refractivity contribution in [2.24, 2.45) is 0 Å². The van der Waals surface area contributed by atoms with Crippen molar-refractivity contribution < 1.29 is 23.9 Å². The van der Waals surface area contributed by atoms with Gasteiger partial charge in [-0.05, 0) is 81.2 Å². The van der Waals surface area contributed by atoms with E-state index in [-0.39, 0.29) is 18.1 Å². The first-order valence-corrected chi connectivity index (χ1v) is 9.80. The Morgan fingerprint density at radius 1 is 1.20 bits per heavy atom. The zero-order valence-electron chi connectivity index (χ0n) is 13.5. The lowest BCUT2D eigenvalue weighted by atomic mass is 10.2. The average Bonchev–Trinajstić information content (AvgIpc) is 2.79. The summed E-state index contributed by atoms with van der Waals surface area (Å²) in [5, 5.41) is -0.492. The van der Waals surface area contributed by atoms with Crippen molar-refractivity contribution in [3.8, 4) is 5.75 Å². The number of amides is 2. The lowest BCUT2D eigenvalue weighted by Crippen LogP contribution is -2.34. The van der Waals surface area contributed by atoms with Gasteiger partial charge in [-0.1, -0.05) is 0 Å². The van der Waals surface area contributed by atoms with Crippen LogP contribution in [0, 0.1) is 0 Å². The number of rotatable bonds is 6. The summed E-state index contributed by atoms with van der Waals surface area (Å²) in [7, 11) is 0. The van der Waals surface area contributed by atoms with E-state index in [1.54, 1.807) is 25.1 Å². The molecular formula is C16H15Br2NO5S. The summed E-state index contributed by atoms with van der Waals surface area (Å²) in [6.07, 6.45) is 1.60. The van der Waals surface area contributed by atoms with Crippen molar-refractivity contribution in [3.05, 3.63) is 31.5 Å². The summed E-state index contributed by atoms with van der Waals surface area (Å²) in [4.78, 5) is 37.0. The number of imide groups is 1. The minimum absolute atomic E-state index is 0.194. The van der Waals surface area contributed by atoms with Crippen LogP contribution >= 0.6 is 43.6 Å². The van der Waals surface area contributed by atoms with Crippen LogP contribution < -0.4 is 4.74 Å². The van der Waals surface area contributed by atoms with Gasteiger partial charge in [-0.25, -0.2) is 0 Å². The van der Waals surface area contributed by atoms with Crippen LogP contribution in [-0.4, -0.2) is 41.8 Å². The van der Waals surface area contributed by atoms with Crippen LogP contribution in [0.15, 0.2) is 26.0 Å². The van der Waals surface area contributed by atoms with Gasteiger partial charge in [-0.3, -0.25) is 19.3 Å². The number of benzene rings is 1. The van der Waals surface area contributed by atoms with Gasteiger partial charge < -0.3 is 9.47 Å². The van der Waals surface area contributed by atoms with E-state index in [1.165, 1.54) is 0 Å². The molecule has 134 valence electrons. The second kappa shape index (κ2) is 8.86. The number of hydrogen-bond acceptors (Lipinski definition) is 6. The molecule has 0 radical (unpaired) electrons. The van der Waals surface area contributed by atoms with E-state index in [4.69, 9.17) is 9.47 Å². The van der Waals surface area contributed by atoms with E-state index < -0.39 is 17.1 Å². The highest BCUT2D eigenvalue weighted by atomic mass is 79.9. The third-order valence-electron chi connectivity index (χ3n) is 3.07. The van der Waals surface area contributed by atoms with Crippen LogP contribution in [0.1, 0.15) is 19.4 Å². The quantitative estimate of drug-likeness (QED) is 0.437. The van der Waals surface area contributed by atoms with E-state index >= 15 is 0 Å². The first-order chi connectivity index (χ1) is 11.9. The number of carbonyl (C=O) groups excluding carboxylic acids is 3. The molecule has 6 nitrogen and oxygen atoms in total. The summed E-state index contributed by atoms with van der Waals surface area (Å²) < 4.78 is 11.7. The summed E-state index contributed by atoms with van der Waals surface area (Å²) in [6.45, 7) is 3.87. The SMILES string of the molecule is CCOC(=O)CN1C(=O)S/C(=C\c2cc(Br)c(OCC)c(Br)c2)C1=O. The van der Waals surface area contributed by atoms with Crippen molar-refractivity contribution >= 4 is 66.8 Å². The van der Waals surface area contributed by atoms with Crippen molar-refractivity contribution in [2.75, 3.05) is 19.8 Å². The molecule has 25 heavy (non-hydrogen) atoms. The lowest BCUT2D eigenvalue weighted by molar-refractivity contribution is -0.145. The Bertz CT molecular complexity index is 727. The predicted octanol–water partition coefficient (Wildman–Crippen LogP) is 4.21. The summed E-state index contributed by atoms with van der Waals surface area (Å²) in [5.41, 5.74) is 0.712. The number of nitrogens with zero attached hydrogens (tertiary/aromatic N) is 1. The molecule has 0 bridgehead atoms. The molecule has 1 aromatic rings. The molecular weight excluding hydrogens is 478 g/mol. The zero-order valence-corrected chi connectivity index (χ0v) is 17.5. The minimum Gasteiger partial charge on any atom is -0.492 e. The maximum atomic E-state index is 12.4. The van der Waals surface area contributed by atoms with Crippen LogP contribution in [0.25, 0.3) is 6.08 Å². The van der Waals surface area contributed by atoms with E-state index in [1.807, 2.05) is 6.92 Å². The molecule has 1 aromatic carbocycles. The second-order valence-electron chi connectivity index (χ2n) is 4.82. The molecule has 2 rings (SSSR count). The molecule has 1 aliphatic heterocycles. The van der Waals surface area contributed by atoms with Crippen molar-refractivity contribution in [1.82, 2.24) is 4.90 Å². The highest BCUT2D eigenvalue weighted by molar-refractivity contribution is 9.11. The predicted molar refractivity (Wildman–Crippen MR) is 102 cm³/mol. The fourth-order valence-electron chi connectivity index (χ4n) is 2.07. The molecule has 0 N–H and O–H groups in total. The Labute approximate surface area is 166 Å². The number of esters is 1. The first kappa shape index (κ1) is 20.0. The molecule has 1 heterocycles. The Morgan fingerprint density at radius 2 is 1.84 bits per heavy atom. The van der Waals surface area contributed by atoms with Crippen molar-refractivity contribution in [1.29, 1.82) is 0 Å². The summed E-state index contributed by atoms with van der Waals surface area (Å²) >= 11 is 7.64. The van der Waals surface area contributed by atoms with Gasteiger partial charge in [0.15, 0.2) is 0 Å². The topological polar surface area (TPSA) is 72.9 Å². The van der Waals surface area contributed by atoms with E-state index in [2.05, 4.69) is 31.9 Å². The first-order valence-electron chi connectivity index (χ1n) is 7.40. The molecule has 0 aliphatic carbocycles. The van der Waals surface area contributed by atoms with Crippen molar-refractivity contribution in [2.45, 2.75) is 13.8 Å². The highest BCUT2D eigenvalue weighted by Gasteiger charge is 2.36. The van der Waals surface area contributed by atoms with Gasteiger partial charge >= 0.3 is 5.97 Å². The number of ether oxygens (including phenoxy) is 2. The van der Waals surface area contributed by atoms with Gasteiger partial charge in [0.1, 0.15) is 12.3 Å². The Kier molecular flexibility index (Phi) is 7.09. The Hall–Kier alpha value is -1.32. The Balaban J connectivity index is 2.23. The van der Waals surface area contributed by atoms with Gasteiger partial charge in [-0.2, -0.15) is 0 Å². The second-order valence-corrected chi connectivity index (χ2v) is 7.52. The zero-order chi connectivity index (χ0) is 18.6. The summed E-state index contributed by atoms with van der Waals surface area (Å²) in [6, 6.07) is 3.57. The van der Waals surface area contributed by atoms with Crippen LogP contribution in [0.5, 0.6) is 5.75 Å². The number of carbonyl (C=O) groups is 3. The highest BCUT2D eigenvalue weighted by Crippen LogP contribution is 2.37. The average molecular weight is 493 g/mol. The fraction of sp³-hybridized carbons (Fsp3) is 0.312. The molecule has 0 spiro atoms. The van der Waals surface area contributed by atoms with Gasteiger partial charge in [0.25, 0.3) is 11.1 Å². The van der Waals surface area contributed by atoms with Crippen molar-refractivity contribution in [3.63, 3.8) is 0 Å². The molecule has 0 unspecified atom stereocenters. The van der Waals surface area contributed by atoms with Gasteiger partial charge in [0, 0.05) is 0 Å². The number of halogens is 2. The minimum atomic E-state index is -0.613. The molecule has 0 atom stereocenters. The molecule has 1 fully saturated rings. The number of hydrogen-bond donors (Lipinski definition) is 0. The van der Waals surface area contributed by atoms with E-state index in [0.717, 1.165) is 25.6 Å². The van der Waals surface area contributed by atoms with Gasteiger partial charge in [-0.15, -0.1) is 0 Å². The molecule has 0 aromatic heterocycles. The maximum absolute atomic E-state index is 12.4. The van der Waals surface area contributed by atoms with E-state index in [9.17, 15) is 14.4 Å². The lowest BCUT2D eigenvalue weighted by Gasteiger charge is -2.11. The number of thioether (sulfide) groups is 1. The van der Waals surface area contributed by atoms with Crippen LogP contribution in [-0.2, 0) is 14.3 Å².